The molecule has 1 aromatic heterocycles. The van der Waals surface area contributed by atoms with Crippen LogP contribution in [0.4, 0.5) is 10.1 Å². The number of hydrogen-bond donors (Lipinski definition) is 3. The molecule has 0 atom stereocenters. The summed E-state index contributed by atoms with van der Waals surface area (Å²) >= 11 is 0.636. The minimum absolute atomic E-state index is 0.274. The molecule has 0 aliphatic carbocycles. The van der Waals surface area contributed by atoms with Crippen LogP contribution in [-0.4, -0.2) is 9.54 Å². The quantitative estimate of drug-likeness (QED) is 0.289. The Hall–Kier alpha value is -2.75. The molecule has 1 heterocycles. The van der Waals surface area contributed by atoms with Crippen molar-refractivity contribution in [2.24, 2.45) is 0 Å². The molecule has 0 aliphatic rings. The summed E-state index contributed by atoms with van der Waals surface area (Å²) in [6.07, 6.45) is 2.88. The summed E-state index contributed by atoms with van der Waals surface area (Å²) in [5.74, 6) is -0.274. The van der Waals surface area contributed by atoms with E-state index in [-0.39, 0.29) is 5.82 Å². The van der Waals surface area contributed by atoms with Crippen molar-refractivity contribution >= 4 is 17.7 Å². The number of nitrogen functional groups attached to an aromatic ring is 1. The summed E-state index contributed by atoms with van der Waals surface area (Å²) in [4.78, 5) is 3.56. The van der Waals surface area contributed by atoms with Crippen molar-refractivity contribution in [3.63, 3.8) is 0 Å². The minimum atomic E-state index is -0.274. The van der Waals surface area contributed by atoms with Crippen LogP contribution in [0.25, 0.3) is 11.3 Å². The Bertz CT molecular complexity index is 932. The summed E-state index contributed by atoms with van der Waals surface area (Å²) in [6, 6.07) is 13.9. The zero-order chi connectivity index (χ0) is 23.1. The molecule has 6 heteroatoms. The van der Waals surface area contributed by atoms with Gasteiger partial charge in [-0.05, 0) is 55.3 Å². The molecule has 2 aromatic carbocycles. The lowest BCUT2D eigenvalue weighted by atomic mass is 10.1. The van der Waals surface area contributed by atoms with Crippen LogP contribution in [0.15, 0.2) is 53.6 Å². The smallest absolute Gasteiger partial charge is 0.132 e. The lowest BCUT2D eigenvalue weighted by Gasteiger charge is -2.02. The molecule has 0 aliphatic heterocycles. The van der Waals surface area contributed by atoms with Gasteiger partial charge in [0, 0.05) is 35.2 Å². The fourth-order valence-electron chi connectivity index (χ4n) is 2.22. The number of benzene rings is 2. The summed E-state index contributed by atoms with van der Waals surface area (Å²) in [7, 11) is 0. The lowest BCUT2D eigenvalue weighted by molar-refractivity contribution is 0.631. The number of H-pyrrole nitrogens is 1. The molecule has 0 bridgehead atoms. The zero-order valence-electron chi connectivity index (χ0n) is 18.6. The van der Waals surface area contributed by atoms with E-state index in [0.29, 0.717) is 33.8 Å². The van der Waals surface area contributed by atoms with E-state index in [4.69, 9.17) is 15.5 Å². The number of nitriles is 1. The molecule has 30 heavy (non-hydrogen) atoms. The van der Waals surface area contributed by atoms with Gasteiger partial charge >= 0.3 is 0 Å². The van der Waals surface area contributed by atoms with Gasteiger partial charge in [0.05, 0.1) is 16.5 Å². The second kappa shape index (κ2) is 15.1. The molecular weight excluding hydrogens is 397 g/mol. The van der Waals surface area contributed by atoms with E-state index in [1.807, 2.05) is 39.8 Å². The lowest BCUT2D eigenvalue weighted by Crippen LogP contribution is -1.92. The van der Waals surface area contributed by atoms with Crippen LogP contribution in [-0.2, 0) is 0 Å². The number of anilines is 1. The molecule has 0 saturated carbocycles. The van der Waals surface area contributed by atoms with Gasteiger partial charge in [-0.1, -0.05) is 46.2 Å². The van der Waals surface area contributed by atoms with Gasteiger partial charge in [0.1, 0.15) is 5.82 Å². The van der Waals surface area contributed by atoms with Gasteiger partial charge in [-0.25, -0.2) is 4.39 Å². The van der Waals surface area contributed by atoms with Crippen molar-refractivity contribution < 1.29 is 8.94 Å². The third-order valence-electron chi connectivity index (χ3n) is 3.66. The van der Waals surface area contributed by atoms with E-state index in [2.05, 4.69) is 24.9 Å². The van der Waals surface area contributed by atoms with Gasteiger partial charge in [-0.3, -0.25) is 0 Å². The van der Waals surface area contributed by atoms with Gasteiger partial charge in [0.15, 0.2) is 0 Å². The number of aromatic amines is 1. The number of nitrogens with one attached hydrogen (secondary N) is 1. The average Bonchev–Trinajstić information content (AvgIpc) is 3.23. The molecule has 162 valence electrons. The normalized spacial score (nSPS) is 9.03. The van der Waals surface area contributed by atoms with E-state index in [1.165, 1.54) is 12.5 Å². The molecule has 0 saturated heterocycles. The Morgan fingerprint density at radius 3 is 2.20 bits per heavy atom. The number of nitrogens with two attached hydrogens (primary N) is 1. The highest BCUT2D eigenvalue weighted by molar-refractivity contribution is 7.93. The standard InChI is InChI=1S/C10H8FNOS.C9H10N2.C3H8.C2H6/c11-9-4-2-1-3-8(9)10-5-7(14-13)6-12-10;1-6-4-9(11)7(2)3-8(6)5-10;1-3-2;1-2/h1-6,12-13H;3-4H,11H2,1-2H3;3H2,1-2H3;1-2H3. The molecule has 0 spiro atoms. The molecule has 4 nitrogen and oxygen atoms in total. The number of aromatic nitrogens is 1. The van der Waals surface area contributed by atoms with Crippen molar-refractivity contribution in [3.05, 3.63) is 71.2 Å². The number of hydrogen-bond acceptors (Lipinski definition) is 4. The van der Waals surface area contributed by atoms with E-state index >= 15 is 0 Å². The SMILES string of the molecule is CC.CCC.Cc1cc(C#N)c(C)cc1N.OSc1c[nH]c(-c2ccccc2F)c1. The summed E-state index contributed by atoms with van der Waals surface area (Å²) in [5, 5.41) is 8.64. The van der Waals surface area contributed by atoms with Gasteiger partial charge in [-0.2, -0.15) is 5.26 Å². The van der Waals surface area contributed by atoms with E-state index in [9.17, 15) is 4.39 Å². The summed E-state index contributed by atoms with van der Waals surface area (Å²) in [5.41, 5.74) is 10.2. The molecule has 3 aromatic rings. The fourth-order valence-corrected chi connectivity index (χ4v) is 2.50. The first-order chi connectivity index (χ1) is 14.4. The van der Waals surface area contributed by atoms with Crippen molar-refractivity contribution in [3.8, 4) is 17.3 Å². The van der Waals surface area contributed by atoms with Gasteiger partial charge < -0.3 is 15.3 Å². The van der Waals surface area contributed by atoms with Crippen LogP contribution >= 0.6 is 12.0 Å². The number of nitrogens with zero attached hydrogens (tertiary/aromatic N) is 1. The van der Waals surface area contributed by atoms with E-state index < -0.39 is 0 Å². The Labute approximate surface area is 184 Å². The summed E-state index contributed by atoms with van der Waals surface area (Å²) < 4.78 is 22.1. The predicted molar refractivity (Wildman–Crippen MR) is 127 cm³/mol. The molecule has 4 N–H and O–H groups in total. The van der Waals surface area contributed by atoms with E-state index in [0.717, 1.165) is 16.8 Å². The Morgan fingerprint density at radius 2 is 1.70 bits per heavy atom. The van der Waals surface area contributed by atoms with Crippen LogP contribution in [0.5, 0.6) is 0 Å². The predicted octanol–water partition coefficient (Wildman–Crippen LogP) is 7.59. The minimum Gasteiger partial charge on any atom is -0.399 e. The second-order valence-electron chi connectivity index (χ2n) is 6.16. The maximum atomic E-state index is 13.3. The van der Waals surface area contributed by atoms with Gasteiger partial charge in [-0.15, -0.1) is 0 Å². The molecule has 0 amide bonds. The number of halogens is 1. The fraction of sp³-hybridized carbons (Fsp3) is 0.292. The number of aryl methyl sites for hydroxylation is 2. The van der Waals surface area contributed by atoms with E-state index in [1.54, 1.807) is 30.5 Å². The third kappa shape index (κ3) is 8.73. The first kappa shape index (κ1) is 27.2. The molecule has 0 unspecified atom stereocenters. The molecule has 0 radical (unpaired) electrons. The summed E-state index contributed by atoms with van der Waals surface area (Å²) in [6.45, 7) is 12.0. The van der Waals surface area contributed by atoms with Crippen molar-refractivity contribution in [1.82, 2.24) is 4.98 Å². The second-order valence-corrected chi connectivity index (χ2v) is 6.82. The first-order valence-electron chi connectivity index (χ1n) is 9.89. The van der Waals surface area contributed by atoms with Crippen LogP contribution < -0.4 is 5.73 Å². The average molecular weight is 430 g/mol. The van der Waals surface area contributed by atoms with Crippen molar-refractivity contribution in [2.75, 3.05) is 5.73 Å². The van der Waals surface area contributed by atoms with Crippen LogP contribution in [0, 0.1) is 31.0 Å². The van der Waals surface area contributed by atoms with Crippen LogP contribution in [0.3, 0.4) is 0 Å². The van der Waals surface area contributed by atoms with Crippen LogP contribution in [0.1, 0.15) is 50.8 Å². The topological polar surface area (TPSA) is 85.8 Å². The first-order valence-corrected chi connectivity index (χ1v) is 10.7. The zero-order valence-corrected chi connectivity index (χ0v) is 19.4. The highest BCUT2D eigenvalue weighted by Crippen LogP contribution is 2.25. The van der Waals surface area contributed by atoms with Crippen molar-refractivity contribution in [2.45, 2.75) is 52.9 Å². The Balaban J connectivity index is 0.000000472. The third-order valence-corrected chi connectivity index (χ3v) is 4.11. The van der Waals surface area contributed by atoms with Crippen molar-refractivity contribution in [1.29, 1.82) is 5.26 Å². The largest absolute Gasteiger partial charge is 0.399 e. The Morgan fingerprint density at radius 1 is 1.10 bits per heavy atom. The van der Waals surface area contributed by atoms with Crippen LogP contribution in [0.2, 0.25) is 0 Å². The highest BCUT2D eigenvalue weighted by atomic mass is 32.2. The molecule has 0 fully saturated rings. The monoisotopic (exact) mass is 429 g/mol. The van der Waals surface area contributed by atoms with Gasteiger partial charge in [0.25, 0.3) is 0 Å². The Kier molecular flexibility index (Phi) is 13.8. The highest BCUT2D eigenvalue weighted by Gasteiger charge is 2.06. The maximum Gasteiger partial charge on any atom is 0.132 e. The maximum absolute atomic E-state index is 13.3. The van der Waals surface area contributed by atoms with Gasteiger partial charge in [0.2, 0.25) is 0 Å². The molecule has 3 rings (SSSR count). The molecular formula is C24H32FN3OS. The number of rotatable bonds is 2.